The van der Waals surface area contributed by atoms with E-state index in [1.54, 1.807) is 18.3 Å². The topological polar surface area (TPSA) is 46.9 Å². The fourth-order valence-electron chi connectivity index (χ4n) is 1.66. The van der Waals surface area contributed by atoms with E-state index < -0.39 is 0 Å². The number of hydrogen-bond acceptors (Lipinski definition) is 3. The highest BCUT2D eigenvalue weighted by Crippen LogP contribution is 2.22. The Morgan fingerprint density at radius 3 is 2.68 bits per heavy atom. The van der Waals surface area contributed by atoms with Crippen LogP contribution in [-0.2, 0) is 6.54 Å². The Morgan fingerprint density at radius 1 is 1.26 bits per heavy atom. The van der Waals surface area contributed by atoms with Crippen LogP contribution >= 0.6 is 23.2 Å². The molecule has 1 aromatic carbocycles. The summed E-state index contributed by atoms with van der Waals surface area (Å²) in [6, 6.07) is 6.78. The number of nitrogens with zero attached hydrogens (tertiary/aromatic N) is 2. The maximum Gasteiger partial charge on any atom is 0.269 e. The molecular weight excluding hydrogens is 285 g/mol. The van der Waals surface area contributed by atoms with E-state index in [1.165, 1.54) is 10.7 Å². The van der Waals surface area contributed by atoms with Gasteiger partial charge >= 0.3 is 0 Å². The summed E-state index contributed by atoms with van der Waals surface area (Å²) in [5.41, 5.74) is 1.43. The van der Waals surface area contributed by atoms with Gasteiger partial charge in [0.1, 0.15) is 0 Å². The van der Waals surface area contributed by atoms with Crippen LogP contribution in [0.5, 0.6) is 0 Å². The Labute approximate surface area is 121 Å². The number of anilines is 1. The van der Waals surface area contributed by atoms with Crippen LogP contribution < -0.4 is 10.9 Å². The summed E-state index contributed by atoms with van der Waals surface area (Å²) in [6.07, 6.45) is 1.63. The van der Waals surface area contributed by atoms with Gasteiger partial charge in [0.2, 0.25) is 0 Å². The third-order valence-corrected chi connectivity index (χ3v) is 3.31. The van der Waals surface area contributed by atoms with Crippen molar-refractivity contribution in [2.45, 2.75) is 13.5 Å². The summed E-state index contributed by atoms with van der Waals surface area (Å²) in [6.45, 7) is 3.07. The van der Waals surface area contributed by atoms with E-state index in [-0.39, 0.29) is 5.56 Å². The number of halogens is 2. The minimum atomic E-state index is -0.162. The molecule has 0 bridgehead atoms. The van der Waals surface area contributed by atoms with E-state index in [9.17, 15) is 4.79 Å². The third-order valence-electron chi connectivity index (χ3n) is 2.57. The summed E-state index contributed by atoms with van der Waals surface area (Å²) in [5, 5.41) is 8.11. The second-order valence-corrected chi connectivity index (χ2v) is 4.83. The second-order valence-electron chi connectivity index (χ2n) is 4.02. The lowest BCUT2D eigenvalue weighted by molar-refractivity contribution is 0.639. The SMILES string of the molecule is CCNc1cnn(Cc2ccc(Cl)c(Cl)c2)c(=O)c1. The molecule has 0 radical (unpaired) electrons. The summed E-state index contributed by atoms with van der Waals surface area (Å²) in [4.78, 5) is 11.9. The molecule has 0 saturated heterocycles. The Balaban J connectivity index is 2.23. The molecule has 0 saturated carbocycles. The fraction of sp³-hybridized carbons (Fsp3) is 0.231. The monoisotopic (exact) mass is 297 g/mol. The first-order valence-electron chi connectivity index (χ1n) is 5.85. The lowest BCUT2D eigenvalue weighted by Gasteiger charge is -2.07. The number of benzene rings is 1. The largest absolute Gasteiger partial charge is 0.384 e. The highest BCUT2D eigenvalue weighted by Gasteiger charge is 2.03. The average molecular weight is 298 g/mol. The van der Waals surface area contributed by atoms with Crippen molar-refractivity contribution in [3.8, 4) is 0 Å². The van der Waals surface area contributed by atoms with Crippen molar-refractivity contribution in [2.24, 2.45) is 0 Å². The van der Waals surface area contributed by atoms with Crippen LogP contribution in [0, 0.1) is 0 Å². The fourth-order valence-corrected chi connectivity index (χ4v) is 1.98. The molecule has 4 nitrogen and oxygen atoms in total. The highest BCUT2D eigenvalue weighted by molar-refractivity contribution is 6.42. The summed E-state index contributed by atoms with van der Waals surface area (Å²) >= 11 is 11.8. The first-order valence-corrected chi connectivity index (χ1v) is 6.60. The molecule has 2 aromatic rings. The maximum absolute atomic E-state index is 11.9. The number of hydrogen-bond donors (Lipinski definition) is 1. The van der Waals surface area contributed by atoms with Crippen molar-refractivity contribution < 1.29 is 0 Å². The summed E-state index contributed by atoms with van der Waals surface area (Å²) in [5.74, 6) is 0. The Kier molecular flexibility index (Phi) is 4.45. The second kappa shape index (κ2) is 6.08. The predicted molar refractivity (Wildman–Crippen MR) is 78.2 cm³/mol. The Hall–Kier alpha value is -1.52. The van der Waals surface area contributed by atoms with Crippen LogP contribution in [0.2, 0.25) is 10.0 Å². The number of nitrogens with one attached hydrogen (secondary N) is 1. The zero-order valence-corrected chi connectivity index (χ0v) is 11.9. The maximum atomic E-state index is 11.9. The molecule has 2 rings (SSSR count). The van der Waals surface area contributed by atoms with Crippen molar-refractivity contribution >= 4 is 28.9 Å². The van der Waals surface area contributed by atoms with E-state index in [0.29, 0.717) is 16.6 Å². The number of rotatable bonds is 4. The third kappa shape index (κ3) is 3.49. The van der Waals surface area contributed by atoms with Crippen molar-refractivity contribution in [1.29, 1.82) is 0 Å². The quantitative estimate of drug-likeness (QED) is 0.943. The van der Waals surface area contributed by atoms with Crippen LogP contribution in [0.1, 0.15) is 12.5 Å². The average Bonchev–Trinajstić information content (AvgIpc) is 2.37. The highest BCUT2D eigenvalue weighted by atomic mass is 35.5. The van der Waals surface area contributed by atoms with E-state index in [2.05, 4.69) is 10.4 Å². The molecule has 0 aliphatic rings. The minimum absolute atomic E-state index is 0.162. The van der Waals surface area contributed by atoms with Gasteiger partial charge in [-0.2, -0.15) is 5.10 Å². The van der Waals surface area contributed by atoms with Crippen LogP contribution in [0.3, 0.4) is 0 Å². The standard InChI is InChI=1S/C13H13Cl2N3O/c1-2-16-10-6-13(19)18(17-7-10)8-9-3-4-11(14)12(15)5-9/h3-7,16H,2,8H2,1H3. The Bertz CT molecular complexity index is 640. The summed E-state index contributed by atoms with van der Waals surface area (Å²) < 4.78 is 1.38. The van der Waals surface area contributed by atoms with Crippen molar-refractivity contribution in [3.63, 3.8) is 0 Å². The molecule has 1 aromatic heterocycles. The van der Waals surface area contributed by atoms with Gasteiger partial charge in [0.05, 0.1) is 28.5 Å². The van der Waals surface area contributed by atoms with Crippen LogP contribution in [0.4, 0.5) is 5.69 Å². The first-order chi connectivity index (χ1) is 9.10. The van der Waals surface area contributed by atoms with Crippen LogP contribution in [-0.4, -0.2) is 16.3 Å². The first kappa shape index (κ1) is 13.9. The van der Waals surface area contributed by atoms with Gasteiger partial charge in [-0.15, -0.1) is 0 Å². The van der Waals surface area contributed by atoms with Crippen molar-refractivity contribution in [1.82, 2.24) is 9.78 Å². The van der Waals surface area contributed by atoms with Gasteiger partial charge in [-0.1, -0.05) is 29.3 Å². The molecule has 0 spiro atoms. The van der Waals surface area contributed by atoms with Crippen LogP contribution in [0.15, 0.2) is 35.3 Å². The van der Waals surface area contributed by atoms with E-state index >= 15 is 0 Å². The Morgan fingerprint density at radius 2 is 2.05 bits per heavy atom. The van der Waals surface area contributed by atoms with Crippen molar-refractivity contribution in [3.05, 3.63) is 56.4 Å². The smallest absolute Gasteiger partial charge is 0.269 e. The van der Waals surface area contributed by atoms with Gasteiger partial charge in [-0.3, -0.25) is 4.79 Å². The zero-order valence-electron chi connectivity index (χ0n) is 10.4. The summed E-state index contributed by atoms with van der Waals surface area (Å²) in [7, 11) is 0. The van der Waals surface area contributed by atoms with Gasteiger partial charge in [0.25, 0.3) is 5.56 Å². The van der Waals surface area contributed by atoms with Gasteiger partial charge in [0.15, 0.2) is 0 Å². The van der Waals surface area contributed by atoms with Crippen molar-refractivity contribution in [2.75, 3.05) is 11.9 Å². The van der Waals surface area contributed by atoms with E-state index in [1.807, 2.05) is 13.0 Å². The van der Waals surface area contributed by atoms with E-state index in [4.69, 9.17) is 23.2 Å². The minimum Gasteiger partial charge on any atom is -0.384 e. The molecule has 0 aliphatic carbocycles. The number of aromatic nitrogens is 2. The van der Waals surface area contributed by atoms with Gasteiger partial charge < -0.3 is 5.32 Å². The van der Waals surface area contributed by atoms with Gasteiger partial charge in [-0.25, -0.2) is 4.68 Å². The molecule has 100 valence electrons. The molecule has 6 heteroatoms. The molecule has 1 N–H and O–H groups in total. The lowest BCUT2D eigenvalue weighted by atomic mass is 10.2. The van der Waals surface area contributed by atoms with Crippen LogP contribution in [0.25, 0.3) is 0 Å². The van der Waals surface area contributed by atoms with E-state index in [0.717, 1.165) is 17.8 Å². The molecule has 0 aliphatic heterocycles. The van der Waals surface area contributed by atoms with Gasteiger partial charge in [0, 0.05) is 12.6 Å². The molecule has 0 fully saturated rings. The molecule has 1 heterocycles. The molecule has 19 heavy (non-hydrogen) atoms. The molecule has 0 unspecified atom stereocenters. The normalized spacial score (nSPS) is 10.5. The lowest BCUT2D eigenvalue weighted by Crippen LogP contribution is -2.23. The molecular formula is C13H13Cl2N3O. The zero-order chi connectivity index (χ0) is 13.8. The van der Waals surface area contributed by atoms with Gasteiger partial charge in [-0.05, 0) is 24.6 Å². The molecule has 0 amide bonds. The molecule has 0 atom stereocenters. The predicted octanol–water partition coefficient (Wildman–Crippen LogP) is 3.03.